The van der Waals surface area contributed by atoms with Gasteiger partial charge in [-0.25, -0.2) is 0 Å². The highest BCUT2D eigenvalue weighted by atomic mass is 16.5. The van der Waals surface area contributed by atoms with Crippen LogP contribution in [0.25, 0.3) is 44.5 Å². The van der Waals surface area contributed by atoms with Gasteiger partial charge >= 0.3 is 0 Å². The Morgan fingerprint density at radius 3 is 1.37 bits per heavy atom. The lowest BCUT2D eigenvalue weighted by Gasteiger charge is -2.40. The van der Waals surface area contributed by atoms with Crippen molar-refractivity contribution in [1.29, 1.82) is 0 Å². The number of benzene rings is 9. The molecule has 2 aliphatic rings. The third-order valence-corrected chi connectivity index (χ3v) is 11.8. The first-order chi connectivity index (χ1) is 28.3. The zero-order valence-electron chi connectivity index (χ0n) is 31.2. The van der Waals surface area contributed by atoms with Crippen LogP contribution in [0.15, 0.2) is 224 Å². The summed E-state index contributed by atoms with van der Waals surface area (Å²) in [5.41, 5.74) is 16.9. The maximum atomic E-state index is 6.97. The van der Waals surface area contributed by atoms with Gasteiger partial charge < -0.3 is 9.64 Å². The van der Waals surface area contributed by atoms with E-state index in [4.69, 9.17) is 4.74 Å². The maximum absolute atomic E-state index is 6.97. The summed E-state index contributed by atoms with van der Waals surface area (Å²) in [7, 11) is 0. The first-order valence-corrected chi connectivity index (χ1v) is 19.6. The summed E-state index contributed by atoms with van der Waals surface area (Å²) in [6.45, 7) is 0. The van der Waals surface area contributed by atoms with Crippen molar-refractivity contribution >= 4 is 17.1 Å². The molecule has 0 bridgehead atoms. The van der Waals surface area contributed by atoms with E-state index >= 15 is 0 Å². The number of anilines is 3. The average Bonchev–Trinajstić information content (AvgIpc) is 3.58. The Kier molecular flexibility index (Phi) is 7.75. The van der Waals surface area contributed by atoms with E-state index in [2.05, 4.69) is 229 Å². The van der Waals surface area contributed by atoms with Gasteiger partial charge in [0.2, 0.25) is 0 Å². The minimum Gasteiger partial charge on any atom is -0.457 e. The minimum atomic E-state index is -0.626. The van der Waals surface area contributed by atoms with Crippen LogP contribution in [0.2, 0.25) is 0 Å². The predicted molar refractivity (Wildman–Crippen MR) is 235 cm³/mol. The summed E-state index contributed by atoms with van der Waals surface area (Å²) in [5, 5.41) is 0. The normalized spacial score (nSPS) is 12.8. The molecule has 268 valence electrons. The molecule has 0 saturated carbocycles. The van der Waals surface area contributed by atoms with E-state index in [0.717, 1.165) is 56.4 Å². The lowest BCUT2D eigenvalue weighted by Crippen LogP contribution is -2.32. The van der Waals surface area contributed by atoms with Gasteiger partial charge in [0.15, 0.2) is 0 Å². The molecule has 1 aliphatic heterocycles. The van der Waals surface area contributed by atoms with Crippen LogP contribution < -0.4 is 9.64 Å². The molecule has 0 saturated heterocycles. The van der Waals surface area contributed by atoms with Crippen molar-refractivity contribution in [3.8, 4) is 56.0 Å². The fourth-order valence-corrected chi connectivity index (χ4v) is 9.23. The number of para-hydroxylation sites is 1. The fraction of sp³-hybridized carbons (Fsp3) is 0.0182. The van der Waals surface area contributed by atoms with E-state index in [0.29, 0.717) is 0 Å². The van der Waals surface area contributed by atoms with Gasteiger partial charge in [-0.1, -0.05) is 176 Å². The van der Waals surface area contributed by atoms with Crippen LogP contribution in [0.1, 0.15) is 22.3 Å². The Bertz CT molecular complexity index is 2870. The second kappa shape index (κ2) is 13.4. The van der Waals surface area contributed by atoms with Gasteiger partial charge in [0, 0.05) is 28.1 Å². The van der Waals surface area contributed by atoms with Crippen molar-refractivity contribution in [2.75, 3.05) is 4.90 Å². The summed E-state index contributed by atoms with van der Waals surface area (Å²) in [6, 6.07) is 81.0. The number of ether oxygens (including phenoxy) is 1. The second-order valence-electron chi connectivity index (χ2n) is 14.8. The number of fused-ring (bicyclic) bond motifs is 9. The average molecular weight is 728 g/mol. The van der Waals surface area contributed by atoms with E-state index in [-0.39, 0.29) is 0 Å². The summed E-state index contributed by atoms with van der Waals surface area (Å²) in [4.78, 5) is 2.41. The molecule has 9 aromatic rings. The molecular formula is C55H37NO. The van der Waals surface area contributed by atoms with Gasteiger partial charge in [0.1, 0.15) is 11.5 Å². The van der Waals surface area contributed by atoms with Gasteiger partial charge in [-0.2, -0.15) is 0 Å². The predicted octanol–water partition coefficient (Wildman–Crippen LogP) is 14.6. The van der Waals surface area contributed by atoms with E-state index in [1.807, 2.05) is 0 Å². The lowest BCUT2D eigenvalue weighted by molar-refractivity contribution is 0.436. The molecule has 9 aromatic carbocycles. The van der Waals surface area contributed by atoms with Crippen molar-refractivity contribution in [2.45, 2.75) is 5.41 Å². The molecule has 11 rings (SSSR count). The van der Waals surface area contributed by atoms with Gasteiger partial charge in [-0.15, -0.1) is 0 Å². The zero-order valence-corrected chi connectivity index (χ0v) is 31.2. The standard InChI is InChI=1S/C55H37NO/c1-4-16-38(17-5-1)40-28-31-43(32-29-40)56(52-27-15-12-22-45(52)41-20-8-3-9-21-41)44-33-35-54-51(37-44)55(48-25-13-10-23-46(48)47-24-11-14-26-49(47)55)50-36-42(30-34-53(50)57-54)39-18-6-2-7-19-39/h1-37H. The van der Waals surface area contributed by atoms with Gasteiger partial charge in [0.25, 0.3) is 0 Å². The molecule has 2 nitrogen and oxygen atoms in total. The molecule has 57 heavy (non-hydrogen) atoms. The van der Waals surface area contributed by atoms with Gasteiger partial charge in [-0.3, -0.25) is 0 Å². The molecular weight excluding hydrogens is 691 g/mol. The fourth-order valence-electron chi connectivity index (χ4n) is 9.23. The van der Waals surface area contributed by atoms with Crippen LogP contribution in [0, 0.1) is 0 Å². The monoisotopic (exact) mass is 727 g/mol. The van der Waals surface area contributed by atoms with E-state index in [9.17, 15) is 0 Å². The molecule has 0 atom stereocenters. The first kappa shape index (κ1) is 33.0. The summed E-state index contributed by atoms with van der Waals surface area (Å²) >= 11 is 0. The number of nitrogens with zero attached hydrogens (tertiary/aromatic N) is 1. The molecule has 0 fully saturated rings. The highest BCUT2D eigenvalue weighted by molar-refractivity contribution is 5.92. The van der Waals surface area contributed by atoms with Crippen LogP contribution >= 0.6 is 0 Å². The quantitative estimate of drug-likeness (QED) is 0.169. The minimum absolute atomic E-state index is 0.626. The van der Waals surface area contributed by atoms with E-state index in [1.54, 1.807) is 0 Å². The highest BCUT2D eigenvalue weighted by Gasteiger charge is 2.51. The number of hydrogen-bond donors (Lipinski definition) is 0. The van der Waals surface area contributed by atoms with E-state index < -0.39 is 5.41 Å². The largest absolute Gasteiger partial charge is 0.457 e. The molecule has 1 heterocycles. The van der Waals surface area contributed by atoms with Crippen LogP contribution in [-0.4, -0.2) is 0 Å². The second-order valence-corrected chi connectivity index (χ2v) is 14.8. The van der Waals surface area contributed by atoms with Crippen LogP contribution in [-0.2, 0) is 5.41 Å². The summed E-state index contributed by atoms with van der Waals surface area (Å²) in [6.07, 6.45) is 0. The Morgan fingerprint density at radius 2 is 0.737 bits per heavy atom. The third kappa shape index (κ3) is 5.26. The molecule has 2 heteroatoms. The maximum Gasteiger partial charge on any atom is 0.132 e. The smallest absolute Gasteiger partial charge is 0.132 e. The van der Waals surface area contributed by atoms with Crippen molar-refractivity contribution in [2.24, 2.45) is 0 Å². The Hall–Kier alpha value is -7.42. The Morgan fingerprint density at radius 1 is 0.298 bits per heavy atom. The van der Waals surface area contributed by atoms with Crippen molar-refractivity contribution in [3.63, 3.8) is 0 Å². The molecule has 0 amide bonds. The molecule has 0 N–H and O–H groups in total. The lowest BCUT2D eigenvalue weighted by atomic mass is 9.65. The number of hydrogen-bond acceptors (Lipinski definition) is 2. The Balaban J connectivity index is 1.18. The van der Waals surface area contributed by atoms with Crippen molar-refractivity contribution in [1.82, 2.24) is 0 Å². The van der Waals surface area contributed by atoms with Crippen LogP contribution in [0.4, 0.5) is 17.1 Å². The third-order valence-electron chi connectivity index (χ3n) is 11.8. The van der Waals surface area contributed by atoms with Crippen LogP contribution in [0.3, 0.4) is 0 Å². The number of rotatable bonds is 6. The topological polar surface area (TPSA) is 12.5 Å². The van der Waals surface area contributed by atoms with Crippen molar-refractivity contribution < 1.29 is 4.74 Å². The SMILES string of the molecule is c1ccc(-c2ccc(N(c3ccc4c(c3)C3(c5cc(-c6ccccc6)ccc5O4)c4ccccc4-c4ccccc43)c3ccccc3-c3ccccc3)cc2)cc1. The van der Waals surface area contributed by atoms with Crippen molar-refractivity contribution in [3.05, 3.63) is 247 Å². The van der Waals surface area contributed by atoms with Gasteiger partial charge in [0.05, 0.1) is 11.1 Å². The molecule has 1 spiro atoms. The zero-order chi connectivity index (χ0) is 37.8. The highest BCUT2D eigenvalue weighted by Crippen LogP contribution is 2.63. The summed E-state index contributed by atoms with van der Waals surface area (Å²) in [5.74, 6) is 1.74. The molecule has 1 aliphatic carbocycles. The summed E-state index contributed by atoms with van der Waals surface area (Å²) < 4.78 is 6.97. The molecule has 0 unspecified atom stereocenters. The Labute approximate surface area is 333 Å². The molecule has 0 aromatic heterocycles. The first-order valence-electron chi connectivity index (χ1n) is 19.6. The molecule has 0 radical (unpaired) electrons. The van der Waals surface area contributed by atoms with E-state index in [1.165, 1.54) is 38.9 Å². The van der Waals surface area contributed by atoms with Crippen LogP contribution in [0.5, 0.6) is 11.5 Å². The van der Waals surface area contributed by atoms with Gasteiger partial charge in [-0.05, 0) is 98.6 Å².